The van der Waals surface area contributed by atoms with Crippen LogP contribution in [-0.4, -0.2) is 29.5 Å². The van der Waals surface area contributed by atoms with E-state index >= 15 is 0 Å². The molecule has 0 spiro atoms. The maximum absolute atomic E-state index is 4.99. The third-order valence-electron chi connectivity index (χ3n) is 6.57. The number of para-hydroxylation sites is 3. The number of pyridine rings is 1. The van der Waals surface area contributed by atoms with Crippen LogP contribution in [-0.2, 0) is 0 Å². The molecule has 0 aliphatic heterocycles. The molecule has 0 radical (unpaired) electrons. The van der Waals surface area contributed by atoms with Crippen LogP contribution in [0, 0.1) is 0 Å². The van der Waals surface area contributed by atoms with Crippen LogP contribution >= 0.6 is 0 Å². The zero-order valence-corrected chi connectivity index (χ0v) is 20.9. The van der Waals surface area contributed by atoms with Crippen molar-refractivity contribution in [2.45, 2.75) is 0 Å². The van der Waals surface area contributed by atoms with Crippen LogP contribution < -0.4 is 0 Å². The van der Waals surface area contributed by atoms with Crippen molar-refractivity contribution >= 4 is 11.0 Å². The van der Waals surface area contributed by atoms with E-state index in [1.807, 2.05) is 109 Å². The van der Waals surface area contributed by atoms with Gasteiger partial charge in [-0.25, -0.2) is 19.9 Å². The number of benzene rings is 4. The lowest BCUT2D eigenvalue weighted by atomic mass is 10.1. The zero-order chi connectivity index (χ0) is 26.0. The molecule has 0 unspecified atom stereocenters. The lowest BCUT2D eigenvalue weighted by Gasteiger charge is -2.15. The first-order chi connectivity index (χ1) is 19.3. The number of aromatic nitrogens is 6. The topological polar surface area (TPSA) is 69.4 Å². The number of rotatable bonds is 5. The van der Waals surface area contributed by atoms with Gasteiger partial charge in [-0.15, -0.1) is 0 Å². The highest BCUT2D eigenvalue weighted by molar-refractivity contribution is 5.85. The van der Waals surface area contributed by atoms with E-state index < -0.39 is 0 Å². The lowest BCUT2D eigenvalue weighted by Crippen LogP contribution is -2.04. The number of nitrogens with zero attached hydrogens (tertiary/aromatic N) is 6. The van der Waals surface area contributed by atoms with E-state index in [1.54, 1.807) is 6.20 Å². The summed E-state index contributed by atoms with van der Waals surface area (Å²) in [4.78, 5) is 24.2. The minimum atomic E-state index is 0.591. The van der Waals surface area contributed by atoms with Gasteiger partial charge in [-0.05, 0) is 36.4 Å². The monoisotopic (exact) mass is 502 g/mol. The Labute approximate surface area is 225 Å². The molecule has 39 heavy (non-hydrogen) atoms. The maximum Gasteiger partial charge on any atom is 0.166 e. The quantitative estimate of drug-likeness (QED) is 0.247. The second kappa shape index (κ2) is 9.76. The van der Waals surface area contributed by atoms with Gasteiger partial charge in [0.1, 0.15) is 5.82 Å². The van der Waals surface area contributed by atoms with Gasteiger partial charge in [0.25, 0.3) is 0 Å². The average Bonchev–Trinajstić information content (AvgIpc) is 3.42. The molecule has 6 nitrogen and oxygen atoms in total. The highest BCUT2D eigenvalue weighted by atomic mass is 15.1. The average molecular weight is 503 g/mol. The molecular formula is C33H22N6. The molecule has 6 heteroatoms. The summed E-state index contributed by atoms with van der Waals surface area (Å²) in [5.74, 6) is 2.64. The van der Waals surface area contributed by atoms with Crippen molar-refractivity contribution in [3.63, 3.8) is 0 Å². The number of fused-ring (bicyclic) bond motifs is 1. The van der Waals surface area contributed by atoms with Crippen molar-refractivity contribution in [1.29, 1.82) is 0 Å². The van der Waals surface area contributed by atoms with E-state index in [2.05, 4.69) is 27.8 Å². The van der Waals surface area contributed by atoms with Crippen molar-refractivity contribution in [2.24, 2.45) is 0 Å². The van der Waals surface area contributed by atoms with Gasteiger partial charge in [0, 0.05) is 34.6 Å². The van der Waals surface area contributed by atoms with E-state index in [0.29, 0.717) is 17.5 Å². The van der Waals surface area contributed by atoms with Gasteiger partial charge >= 0.3 is 0 Å². The molecule has 7 rings (SSSR count). The zero-order valence-electron chi connectivity index (χ0n) is 20.9. The molecule has 4 aromatic carbocycles. The molecule has 0 atom stereocenters. The summed E-state index contributed by atoms with van der Waals surface area (Å²) in [7, 11) is 0. The van der Waals surface area contributed by atoms with Crippen molar-refractivity contribution in [1.82, 2.24) is 29.5 Å². The summed E-state index contributed by atoms with van der Waals surface area (Å²) in [6.45, 7) is 0. The fourth-order valence-corrected chi connectivity index (χ4v) is 4.75. The van der Waals surface area contributed by atoms with E-state index in [4.69, 9.17) is 19.9 Å². The van der Waals surface area contributed by atoms with Crippen molar-refractivity contribution in [3.05, 3.63) is 134 Å². The Bertz CT molecular complexity index is 1840. The molecule has 0 bridgehead atoms. The molecule has 7 aromatic rings. The highest BCUT2D eigenvalue weighted by Gasteiger charge is 2.20. The van der Waals surface area contributed by atoms with Gasteiger partial charge < -0.3 is 0 Å². The minimum Gasteiger partial charge on any atom is -0.292 e. The van der Waals surface area contributed by atoms with Gasteiger partial charge in [-0.2, -0.15) is 0 Å². The Hall–Kier alpha value is -5.49. The smallest absolute Gasteiger partial charge is 0.166 e. The largest absolute Gasteiger partial charge is 0.292 e. The van der Waals surface area contributed by atoms with Gasteiger partial charge in [0.2, 0.25) is 0 Å². The molecule has 0 saturated heterocycles. The summed E-state index contributed by atoms with van der Waals surface area (Å²) >= 11 is 0. The van der Waals surface area contributed by atoms with E-state index in [0.717, 1.165) is 44.8 Å². The highest BCUT2D eigenvalue weighted by Crippen LogP contribution is 2.34. The molecule has 0 aliphatic carbocycles. The second-order valence-corrected chi connectivity index (χ2v) is 9.06. The SMILES string of the molecule is c1ccc(-c2nc(-c3ccccc3)nc(-c3ccccc3-n3c(-c4cccnc4)nc4ccccc43)n2)cc1. The molecule has 3 heterocycles. The number of hydrogen-bond donors (Lipinski definition) is 0. The summed E-state index contributed by atoms with van der Waals surface area (Å²) in [5, 5.41) is 0. The van der Waals surface area contributed by atoms with E-state index in [9.17, 15) is 0 Å². The number of imidazole rings is 1. The van der Waals surface area contributed by atoms with Crippen LogP contribution in [0.4, 0.5) is 0 Å². The van der Waals surface area contributed by atoms with Crippen LogP contribution in [0.15, 0.2) is 134 Å². The Kier molecular flexibility index (Phi) is 5.68. The Morgan fingerprint density at radius 2 is 1.05 bits per heavy atom. The van der Waals surface area contributed by atoms with E-state index in [-0.39, 0.29) is 0 Å². The lowest BCUT2D eigenvalue weighted by molar-refractivity contribution is 1.05. The molecule has 0 aliphatic rings. The van der Waals surface area contributed by atoms with Crippen LogP contribution in [0.3, 0.4) is 0 Å². The fourth-order valence-electron chi connectivity index (χ4n) is 4.75. The molecule has 0 N–H and O–H groups in total. The first-order valence-electron chi connectivity index (χ1n) is 12.7. The molecule has 3 aromatic heterocycles. The maximum atomic E-state index is 4.99. The number of hydrogen-bond acceptors (Lipinski definition) is 5. The van der Waals surface area contributed by atoms with Crippen molar-refractivity contribution in [2.75, 3.05) is 0 Å². The molecule has 0 saturated carbocycles. The normalized spacial score (nSPS) is 11.1. The third-order valence-corrected chi connectivity index (χ3v) is 6.57. The van der Waals surface area contributed by atoms with Crippen molar-refractivity contribution < 1.29 is 0 Å². The predicted octanol–water partition coefficient (Wildman–Crippen LogP) is 7.27. The van der Waals surface area contributed by atoms with E-state index in [1.165, 1.54) is 0 Å². The van der Waals surface area contributed by atoms with Crippen LogP contribution in [0.25, 0.3) is 62.3 Å². The molecule has 0 fully saturated rings. The summed E-state index contributed by atoms with van der Waals surface area (Å²) < 4.78 is 2.16. The first kappa shape index (κ1) is 22.7. The third kappa shape index (κ3) is 4.24. The van der Waals surface area contributed by atoms with Crippen LogP contribution in [0.5, 0.6) is 0 Å². The Balaban J connectivity index is 1.50. The first-order valence-corrected chi connectivity index (χ1v) is 12.7. The molecule has 0 amide bonds. The standard InChI is InChI=1S/C33H22N6/c1-3-12-23(13-4-1)30-36-31(24-14-5-2-6-15-24)38-32(37-30)26-17-7-9-19-28(26)39-29-20-10-8-18-27(29)35-33(39)25-16-11-21-34-22-25/h1-22H. The van der Waals surface area contributed by atoms with Gasteiger partial charge in [0.05, 0.1) is 16.7 Å². The molecular weight excluding hydrogens is 480 g/mol. The van der Waals surface area contributed by atoms with Crippen molar-refractivity contribution in [3.8, 4) is 51.2 Å². The summed E-state index contributed by atoms with van der Waals surface area (Å²) in [6.07, 6.45) is 3.61. The molecule has 184 valence electrons. The van der Waals surface area contributed by atoms with Crippen LogP contribution in [0.1, 0.15) is 0 Å². The summed E-state index contributed by atoms with van der Waals surface area (Å²) in [5.41, 5.74) is 6.48. The van der Waals surface area contributed by atoms with Gasteiger partial charge in [-0.3, -0.25) is 9.55 Å². The second-order valence-electron chi connectivity index (χ2n) is 9.06. The Morgan fingerprint density at radius 1 is 0.462 bits per heavy atom. The fraction of sp³-hybridized carbons (Fsp3) is 0. The van der Waals surface area contributed by atoms with Gasteiger partial charge in [0.15, 0.2) is 17.5 Å². The van der Waals surface area contributed by atoms with Crippen LogP contribution in [0.2, 0.25) is 0 Å². The van der Waals surface area contributed by atoms with Gasteiger partial charge in [-0.1, -0.05) is 84.9 Å². The summed E-state index contributed by atoms with van der Waals surface area (Å²) in [6, 6.07) is 40.3. The minimum absolute atomic E-state index is 0.591. The predicted molar refractivity (Wildman–Crippen MR) is 154 cm³/mol. The Morgan fingerprint density at radius 3 is 1.74 bits per heavy atom.